The Labute approximate surface area is 214 Å². The Balaban J connectivity index is 1.79. The number of nitrogens with zero attached hydrogens (tertiary/aromatic N) is 2. The SMILES string of the molecule is CNC(=O)[C@@H](Cc1ccccc1)N(Cc1cccc(OC)c1)C(=O)CSCc1ccc([N+](=O)[O-])cc1. The summed E-state index contributed by atoms with van der Waals surface area (Å²) >= 11 is 1.40. The minimum atomic E-state index is -0.698. The number of hydrogen-bond acceptors (Lipinski definition) is 6. The first-order valence-electron chi connectivity index (χ1n) is 11.4. The Morgan fingerprint density at radius 3 is 2.33 bits per heavy atom. The molecule has 1 N–H and O–H groups in total. The van der Waals surface area contributed by atoms with Crippen molar-refractivity contribution in [2.45, 2.75) is 24.8 Å². The number of carbonyl (C=O) groups excluding carboxylic acids is 2. The first kappa shape index (κ1) is 26.7. The third-order valence-corrected chi connectivity index (χ3v) is 6.63. The number of nitro benzene ring substituents is 1. The maximum atomic E-state index is 13.5. The van der Waals surface area contributed by atoms with E-state index in [1.807, 2.05) is 54.6 Å². The van der Waals surface area contributed by atoms with Crippen molar-refractivity contribution in [1.82, 2.24) is 10.2 Å². The molecule has 0 saturated carbocycles. The lowest BCUT2D eigenvalue weighted by Gasteiger charge is -2.31. The van der Waals surface area contributed by atoms with Gasteiger partial charge >= 0.3 is 0 Å². The molecule has 2 amide bonds. The van der Waals surface area contributed by atoms with Gasteiger partial charge in [-0.1, -0.05) is 54.6 Å². The number of nitrogens with one attached hydrogen (secondary N) is 1. The average Bonchev–Trinajstić information content (AvgIpc) is 2.91. The smallest absolute Gasteiger partial charge is 0.269 e. The van der Waals surface area contributed by atoms with Crippen molar-refractivity contribution in [3.63, 3.8) is 0 Å². The number of non-ortho nitro benzene ring substituents is 1. The summed E-state index contributed by atoms with van der Waals surface area (Å²) in [5.41, 5.74) is 2.71. The van der Waals surface area contributed by atoms with Crippen LogP contribution in [-0.4, -0.2) is 47.6 Å². The van der Waals surface area contributed by atoms with Gasteiger partial charge < -0.3 is 15.0 Å². The van der Waals surface area contributed by atoms with Crippen LogP contribution in [-0.2, 0) is 28.3 Å². The van der Waals surface area contributed by atoms with Crippen LogP contribution < -0.4 is 10.1 Å². The Hall–Kier alpha value is -3.85. The highest BCUT2D eigenvalue weighted by Crippen LogP contribution is 2.21. The molecule has 0 aliphatic heterocycles. The minimum Gasteiger partial charge on any atom is -0.497 e. The van der Waals surface area contributed by atoms with Crippen molar-refractivity contribution in [3.05, 3.63) is 106 Å². The first-order chi connectivity index (χ1) is 17.4. The maximum absolute atomic E-state index is 13.5. The van der Waals surface area contributed by atoms with E-state index in [9.17, 15) is 19.7 Å². The topological polar surface area (TPSA) is 102 Å². The van der Waals surface area contributed by atoms with E-state index >= 15 is 0 Å². The van der Waals surface area contributed by atoms with Gasteiger partial charge in [-0.3, -0.25) is 19.7 Å². The van der Waals surface area contributed by atoms with Crippen molar-refractivity contribution in [1.29, 1.82) is 0 Å². The summed E-state index contributed by atoms with van der Waals surface area (Å²) in [7, 11) is 3.15. The van der Waals surface area contributed by atoms with E-state index in [1.165, 1.54) is 23.9 Å². The summed E-state index contributed by atoms with van der Waals surface area (Å²) < 4.78 is 5.33. The van der Waals surface area contributed by atoms with E-state index in [2.05, 4.69) is 5.32 Å². The molecule has 0 spiro atoms. The van der Waals surface area contributed by atoms with Gasteiger partial charge in [-0.15, -0.1) is 11.8 Å². The fourth-order valence-electron chi connectivity index (χ4n) is 3.74. The van der Waals surface area contributed by atoms with Crippen molar-refractivity contribution in [2.24, 2.45) is 0 Å². The van der Waals surface area contributed by atoms with E-state index in [0.717, 1.165) is 16.7 Å². The molecule has 0 heterocycles. The number of hydrogen-bond donors (Lipinski definition) is 1. The van der Waals surface area contributed by atoms with Crippen LogP contribution in [0.4, 0.5) is 5.69 Å². The molecule has 1 atom stereocenters. The van der Waals surface area contributed by atoms with Gasteiger partial charge in [0.15, 0.2) is 0 Å². The van der Waals surface area contributed by atoms with E-state index in [1.54, 1.807) is 31.2 Å². The van der Waals surface area contributed by atoms with Gasteiger partial charge in [0.1, 0.15) is 11.8 Å². The van der Waals surface area contributed by atoms with Crippen LogP contribution >= 0.6 is 11.8 Å². The third kappa shape index (κ3) is 7.58. The van der Waals surface area contributed by atoms with Crippen molar-refractivity contribution >= 4 is 29.3 Å². The van der Waals surface area contributed by atoms with Gasteiger partial charge in [-0.05, 0) is 28.8 Å². The molecule has 0 aliphatic carbocycles. The van der Waals surface area contributed by atoms with Crippen LogP contribution in [0.1, 0.15) is 16.7 Å². The summed E-state index contributed by atoms with van der Waals surface area (Å²) in [6.07, 6.45) is 0.378. The zero-order chi connectivity index (χ0) is 25.9. The normalized spacial score (nSPS) is 11.4. The molecule has 3 aromatic carbocycles. The summed E-state index contributed by atoms with van der Waals surface area (Å²) in [4.78, 5) is 38.5. The standard InChI is InChI=1S/C27H29N3O5S/c1-28-27(32)25(16-20-7-4-3-5-8-20)29(17-22-9-6-10-24(15-22)35-2)26(31)19-36-18-21-11-13-23(14-12-21)30(33)34/h3-15,25H,16-19H2,1-2H3,(H,28,32)/t25-/m1/s1. The molecular formula is C27H29N3O5S. The van der Waals surface area contributed by atoms with E-state index in [4.69, 9.17) is 4.74 Å². The van der Waals surface area contributed by atoms with Crippen molar-refractivity contribution in [2.75, 3.05) is 19.9 Å². The van der Waals surface area contributed by atoms with Crippen LogP contribution in [0.25, 0.3) is 0 Å². The lowest BCUT2D eigenvalue weighted by atomic mass is 10.0. The fourth-order valence-corrected chi connectivity index (χ4v) is 4.61. The molecule has 0 saturated heterocycles. The highest BCUT2D eigenvalue weighted by molar-refractivity contribution is 7.99. The summed E-state index contributed by atoms with van der Waals surface area (Å²) in [5.74, 6) is 0.931. The molecule has 9 heteroatoms. The minimum absolute atomic E-state index is 0.0265. The van der Waals surface area contributed by atoms with Crippen LogP contribution in [0.15, 0.2) is 78.9 Å². The number of methoxy groups -OCH3 is 1. The second kappa shape index (κ2) is 13.3. The molecule has 0 fully saturated rings. The highest BCUT2D eigenvalue weighted by atomic mass is 32.2. The van der Waals surface area contributed by atoms with Crippen LogP contribution in [0.5, 0.6) is 5.75 Å². The van der Waals surface area contributed by atoms with Gasteiger partial charge in [0.25, 0.3) is 5.69 Å². The predicted octanol–water partition coefficient (Wildman–Crippen LogP) is 4.22. The number of rotatable bonds is 12. The number of benzene rings is 3. The molecule has 0 aliphatic rings. The fraction of sp³-hybridized carbons (Fsp3) is 0.259. The van der Waals surface area contributed by atoms with Gasteiger partial charge in [-0.25, -0.2) is 0 Å². The van der Waals surface area contributed by atoms with E-state index in [-0.39, 0.29) is 29.8 Å². The van der Waals surface area contributed by atoms with Gasteiger partial charge in [0, 0.05) is 37.9 Å². The lowest BCUT2D eigenvalue weighted by Crippen LogP contribution is -2.50. The number of amides is 2. The molecule has 3 rings (SSSR count). The second-order valence-corrected chi connectivity index (χ2v) is 9.09. The zero-order valence-corrected chi connectivity index (χ0v) is 21.1. The number of nitro groups is 1. The van der Waals surface area contributed by atoms with E-state index < -0.39 is 11.0 Å². The maximum Gasteiger partial charge on any atom is 0.269 e. The molecule has 188 valence electrons. The van der Waals surface area contributed by atoms with Crippen LogP contribution in [0, 0.1) is 10.1 Å². The Morgan fingerprint density at radius 1 is 1.00 bits per heavy atom. The first-order valence-corrected chi connectivity index (χ1v) is 12.6. The Morgan fingerprint density at radius 2 is 1.69 bits per heavy atom. The summed E-state index contributed by atoms with van der Waals surface area (Å²) in [6, 6.07) is 22.6. The van der Waals surface area contributed by atoms with E-state index in [0.29, 0.717) is 17.9 Å². The predicted molar refractivity (Wildman–Crippen MR) is 141 cm³/mol. The Kier molecular flexibility index (Phi) is 9.88. The largest absolute Gasteiger partial charge is 0.497 e. The molecular weight excluding hydrogens is 478 g/mol. The number of likely N-dealkylation sites (N-methyl/N-ethyl adjacent to an activating group) is 1. The third-order valence-electron chi connectivity index (χ3n) is 5.65. The molecule has 0 unspecified atom stereocenters. The van der Waals surface area contributed by atoms with Crippen LogP contribution in [0.3, 0.4) is 0 Å². The summed E-state index contributed by atoms with van der Waals surface area (Å²) in [5, 5.41) is 13.6. The number of carbonyl (C=O) groups is 2. The second-order valence-electron chi connectivity index (χ2n) is 8.11. The summed E-state index contributed by atoms with van der Waals surface area (Å²) in [6.45, 7) is 0.249. The number of thioether (sulfide) groups is 1. The van der Waals surface area contributed by atoms with Crippen molar-refractivity contribution in [3.8, 4) is 5.75 Å². The van der Waals surface area contributed by atoms with Gasteiger partial charge in [0.05, 0.1) is 17.8 Å². The quantitative estimate of drug-likeness (QED) is 0.291. The number of ether oxygens (including phenoxy) is 1. The zero-order valence-electron chi connectivity index (χ0n) is 20.3. The lowest BCUT2D eigenvalue weighted by molar-refractivity contribution is -0.384. The molecule has 0 bridgehead atoms. The van der Waals surface area contributed by atoms with Crippen molar-refractivity contribution < 1.29 is 19.2 Å². The monoisotopic (exact) mass is 507 g/mol. The molecule has 8 nitrogen and oxygen atoms in total. The molecule has 0 aromatic heterocycles. The van der Waals surface area contributed by atoms with Gasteiger partial charge in [-0.2, -0.15) is 0 Å². The molecule has 0 radical (unpaired) electrons. The molecule has 36 heavy (non-hydrogen) atoms. The van der Waals surface area contributed by atoms with Gasteiger partial charge in [0.2, 0.25) is 11.8 Å². The Bertz CT molecular complexity index is 1170. The molecule has 3 aromatic rings. The van der Waals surface area contributed by atoms with Crippen LogP contribution in [0.2, 0.25) is 0 Å². The average molecular weight is 508 g/mol. The highest BCUT2D eigenvalue weighted by Gasteiger charge is 2.29.